The van der Waals surface area contributed by atoms with Crippen molar-refractivity contribution in [2.45, 2.75) is 57.5 Å². The fourth-order valence-electron chi connectivity index (χ4n) is 3.72. The molecular weight excluding hydrogens is 290 g/mol. The third-order valence-corrected chi connectivity index (χ3v) is 5.52. The third-order valence-electron chi connectivity index (χ3n) is 5.52. The fourth-order valence-corrected chi connectivity index (χ4v) is 3.72. The van der Waals surface area contributed by atoms with Gasteiger partial charge in [-0.05, 0) is 61.5 Å². The molecule has 3 aliphatic carbocycles. The van der Waals surface area contributed by atoms with Crippen molar-refractivity contribution < 1.29 is 9.53 Å². The van der Waals surface area contributed by atoms with Crippen molar-refractivity contribution in [1.82, 2.24) is 15.6 Å². The Morgan fingerprint density at radius 2 is 2.17 bits per heavy atom. The number of urea groups is 1. The lowest BCUT2D eigenvalue weighted by atomic mass is 9.54. The summed E-state index contributed by atoms with van der Waals surface area (Å²) >= 11 is 0. The smallest absolute Gasteiger partial charge is 0.315 e. The average molecular weight is 315 g/mol. The zero-order chi connectivity index (χ0) is 15.7. The summed E-state index contributed by atoms with van der Waals surface area (Å²) in [7, 11) is 0. The number of nitrogens with zero attached hydrogens (tertiary/aromatic N) is 1. The van der Waals surface area contributed by atoms with E-state index in [9.17, 15) is 4.79 Å². The molecule has 3 saturated carbocycles. The topological polar surface area (TPSA) is 63.2 Å². The van der Waals surface area contributed by atoms with E-state index in [2.05, 4.69) is 15.6 Å². The number of nitrogens with one attached hydrogen (secondary N) is 2. The van der Waals surface area contributed by atoms with E-state index >= 15 is 0 Å². The van der Waals surface area contributed by atoms with Gasteiger partial charge >= 0.3 is 6.03 Å². The van der Waals surface area contributed by atoms with Gasteiger partial charge in [0, 0.05) is 24.8 Å². The van der Waals surface area contributed by atoms with E-state index in [-0.39, 0.29) is 6.03 Å². The Hall–Kier alpha value is -1.78. The molecule has 4 rings (SSSR count). The van der Waals surface area contributed by atoms with Crippen LogP contribution in [0.1, 0.15) is 50.5 Å². The zero-order valence-corrected chi connectivity index (χ0v) is 13.5. The number of rotatable bonds is 6. The molecule has 0 atom stereocenters. The van der Waals surface area contributed by atoms with Gasteiger partial charge < -0.3 is 15.4 Å². The van der Waals surface area contributed by atoms with E-state index in [1.54, 1.807) is 6.20 Å². The summed E-state index contributed by atoms with van der Waals surface area (Å²) in [5.74, 6) is 1.37. The van der Waals surface area contributed by atoms with Crippen molar-refractivity contribution in [3.63, 3.8) is 0 Å². The number of amides is 2. The second kappa shape index (κ2) is 6.02. The standard InChI is InChI=1S/C18H25N3O2/c22-17(21-15-9-18(10-15)5-1-6-18)20-11-14-4-7-19-16(8-14)23-12-13-2-3-13/h4,7-8,13,15H,1-3,5-6,9-12H2,(H2,20,21,22). The van der Waals surface area contributed by atoms with Crippen LogP contribution in [0.15, 0.2) is 18.3 Å². The van der Waals surface area contributed by atoms with E-state index in [1.807, 2.05) is 12.1 Å². The van der Waals surface area contributed by atoms with Crippen LogP contribution in [0.4, 0.5) is 4.79 Å². The number of ether oxygens (including phenoxy) is 1. The molecule has 124 valence electrons. The Balaban J connectivity index is 1.19. The van der Waals surface area contributed by atoms with Crippen LogP contribution in [0, 0.1) is 11.3 Å². The Morgan fingerprint density at radius 1 is 1.35 bits per heavy atom. The molecule has 0 aromatic carbocycles. The molecule has 3 aliphatic rings. The second-order valence-electron chi connectivity index (χ2n) is 7.54. The first-order chi connectivity index (χ1) is 11.2. The Morgan fingerprint density at radius 3 is 2.87 bits per heavy atom. The fraction of sp³-hybridized carbons (Fsp3) is 0.667. The molecule has 0 bridgehead atoms. The van der Waals surface area contributed by atoms with Gasteiger partial charge in [0.15, 0.2) is 0 Å². The highest BCUT2D eigenvalue weighted by Crippen LogP contribution is 2.55. The lowest BCUT2D eigenvalue weighted by Crippen LogP contribution is -2.55. The SMILES string of the molecule is O=C(NCc1ccnc(OCC2CC2)c1)NC1CC2(CCC2)C1. The molecule has 1 aromatic heterocycles. The number of aromatic nitrogens is 1. The van der Waals surface area contributed by atoms with E-state index < -0.39 is 0 Å². The number of carbonyl (C=O) groups excluding carboxylic acids is 1. The number of hydrogen-bond donors (Lipinski definition) is 2. The van der Waals surface area contributed by atoms with Crippen molar-refractivity contribution >= 4 is 6.03 Å². The summed E-state index contributed by atoms with van der Waals surface area (Å²) in [5.41, 5.74) is 1.61. The number of carbonyl (C=O) groups is 1. The molecule has 23 heavy (non-hydrogen) atoms. The predicted octanol–water partition coefficient (Wildman–Crippen LogP) is 3.00. The van der Waals surface area contributed by atoms with Crippen LogP contribution in [0.25, 0.3) is 0 Å². The molecule has 5 heteroatoms. The summed E-state index contributed by atoms with van der Waals surface area (Å²) in [6, 6.07) is 4.12. The van der Waals surface area contributed by atoms with Crippen LogP contribution < -0.4 is 15.4 Å². The Kier molecular flexibility index (Phi) is 3.87. The monoisotopic (exact) mass is 315 g/mol. The summed E-state index contributed by atoms with van der Waals surface area (Å²) in [4.78, 5) is 16.2. The summed E-state index contributed by atoms with van der Waals surface area (Å²) in [6.45, 7) is 1.26. The molecule has 2 N–H and O–H groups in total. The van der Waals surface area contributed by atoms with E-state index in [0.29, 0.717) is 29.8 Å². The second-order valence-corrected chi connectivity index (χ2v) is 7.54. The highest BCUT2D eigenvalue weighted by molar-refractivity contribution is 5.74. The van der Waals surface area contributed by atoms with Crippen molar-refractivity contribution in [2.75, 3.05) is 6.61 Å². The van der Waals surface area contributed by atoms with Crippen LogP contribution >= 0.6 is 0 Å². The minimum absolute atomic E-state index is 0.0681. The van der Waals surface area contributed by atoms with Crippen LogP contribution in [0.2, 0.25) is 0 Å². The van der Waals surface area contributed by atoms with Gasteiger partial charge in [0.1, 0.15) is 0 Å². The lowest BCUT2D eigenvalue weighted by molar-refractivity contribution is 0.00225. The van der Waals surface area contributed by atoms with Gasteiger partial charge in [0.25, 0.3) is 0 Å². The molecule has 0 aliphatic heterocycles. The molecule has 1 aromatic rings. The lowest BCUT2D eigenvalue weighted by Gasteiger charge is -2.54. The molecule has 0 unspecified atom stereocenters. The molecule has 2 amide bonds. The Labute approximate surface area is 137 Å². The van der Waals surface area contributed by atoms with Gasteiger partial charge in [-0.25, -0.2) is 9.78 Å². The van der Waals surface area contributed by atoms with Gasteiger partial charge in [-0.15, -0.1) is 0 Å². The third kappa shape index (κ3) is 3.59. The summed E-state index contributed by atoms with van der Waals surface area (Å²) in [5, 5.41) is 6.01. The number of pyridine rings is 1. The van der Waals surface area contributed by atoms with Crippen molar-refractivity contribution in [2.24, 2.45) is 11.3 Å². The van der Waals surface area contributed by atoms with E-state index in [1.165, 1.54) is 32.1 Å². The molecule has 0 radical (unpaired) electrons. The van der Waals surface area contributed by atoms with E-state index in [4.69, 9.17) is 4.74 Å². The van der Waals surface area contributed by atoms with Crippen LogP contribution in [0.3, 0.4) is 0 Å². The maximum atomic E-state index is 12.0. The Bertz CT molecular complexity index is 573. The largest absolute Gasteiger partial charge is 0.477 e. The van der Waals surface area contributed by atoms with Crippen LogP contribution in [0.5, 0.6) is 5.88 Å². The summed E-state index contributed by atoms with van der Waals surface area (Å²) < 4.78 is 5.67. The maximum Gasteiger partial charge on any atom is 0.315 e. The maximum absolute atomic E-state index is 12.0. The highest BCUT2D eigenvalue weighted by atomic mass is 16.5. The molecule has 1 heterocycles. The first-order valence-corrected chi connectivity index (χ1v) is 8.83. The molecule has 1 spiro atoms. The van der Waals surface area contributed by atoms with Gasteiger partial charge in [-0.2, -0.15) is 0 Å². The first kappa shape index (κ1) is 14.8. The van der Waals surface area contributed by atoms with Gasteiger partial charge in [0.2, 0.25) is 5.88 Å². The quantitative estimate of drug-likeness (QED) is 0.848. The summed E-state index contributed by atoms with van der Waals surface area (Å²) in [6.07, 6.45) is 10.7. The van der Waals surface area contributed by atoms with Crippen molar-refractivity contribution in [3.8, 4) is 5.88 Å². The zero-order valence-electron chi connectivity index (χ0n) is 13.5. The van der Waals surface area contributed by atoms with Gasteiger partial charge in [0.05, 0.1) is 6.61 Å². The number of hydrogen-bond acceptors (Lipinski definition) is 3. The highest BCUT2D eigenvalue weighted by Gasteiger charge is 2.48. The van der Waals surface area contributed by atoms with Crippen LogP contribution in [-0.2, 0) is 6.54 Å². The van der Waals surface area contributed by atoms with E-state index in [0.717, 1.165) is 25.0 Å². The first-order valence-electron chi connectivity index (χ1n) is 8.83. The average Bonchev–Trinajstić information content (AvgIpc) is 3.29. The van der Waals surface area contributed by atoms with Gasteiger partial charge in [-0.1, -0.05) is 6.42 Å². The predicted molar refractivity (Wildman–Crippen MR) is 87.1 cm³/mol. The van der Waals surface area contributed by atoms with Gasteiger partial charge in [-0.3, -0.25) is 0 Å². The minimum Gasteiger partial charge on any atom is -0.477 e. The van der Waals surface area contributed by atoms with Crippen LogP contribution in [-0.4, -0.2) is 23.7 Å². The molecular formula is C18H25N3O2. The minimum atomic E-state index is -0.0681. The van der Waals surface area contributed by atoms with Crippen molar-refractivity contribution in [1.29, 1.82) is 0 Å². The molecule has 0 saturated heterocycles. The molecule has 3 fully saturated rings. The molecule has 5 nitrogen and oxygen atoms in total. The van der Waals surface area contributed by atoms with Crippen molar-refractivity contribution in [3.05, 3.63) is 23.9 Å². The normalized spacial score (nSPS) is 22.1.